The second-order valence-corrected chi connectivity index (χ2v) is 5.06. The van der Waals surface area contributed by atoms with E-state index in [0.29, 0.717) is 5.69 Å². The Kier molecular flexibility index (Phi) is 4.23. The molecule has 1 aliphatic rings. The molecule has 0 aromatic heterocycles. The van der Waals surface area contributed by atoms with Gasteiger partial charge in [-0.3, -0.25) is 14.9 Å². The largest absolute Gasteiger partial charge is 0.324 e. The van der Waals surface area contributed by atoms with Gasteiger partial charge in [-0.1, -0.05) is 12.1 Å². The highest BCUT2D eigenvalue weighted by Gasteiger charge is 2.33. The van der Waals surface area contributed by atoms with Gasteiger partial charge in [0.15, 0.2) is 0 Å². The summed E-state index contributed by atoms with van der Waals surface area (Å²) in [6.45, 7) is 3.30. The first kappa shape index (κ1) is 15.0. The summed E-state index contributed by atoms with van der Waals surface area (Å²) in [5.41, 5.74) is 7.28. The van der Waals surface area contributed by atoms with Crippen LogP contribution in [-0.4, -0.2) is 35.3 Å². The zero-order chi connectivity index (χ0) is 15.6. The van der Waals surface area contributed by atoms with Crippen LogP contribution < -0.4 is 16.4 Å². The molecule has 0 bridgehead atoms. The van der Waals surface area contributed by atoms with Gasteiger partial charge in [0.25, 0.3) is 0 Å². The maximum absolute atomic E-state index is 12.1. The maximum Gasteiger partial charge on any atom is 0.322 e. The molecular formula is C14H18N4O3. The van der Waals surface area contributed by atoms with Gasteiger partial charge in [0.2, 0.25) is 11.8 Å². The highest BCUT2D eigenvalue weighted by atomic mass is 16.2. The number of hydrogen-bond acceptors (Lipinski definition) is 4. The van der Waals surface area contributed by atoms with E-state index in [2.05, 4.69) is 10.6 Å². The van der Waals surface area contributed by atoms with Crippen molar-refractivity contribution in [2.75, 3.05) is 11.9 Å². The number of nitrogens with one attached hydrogen (secondary N) is 2. The number of hydrogen-bond donors (Lipinski definition) is 3. The average molecular weight is 290 g/mol. The van der Waals surface area contributed by atoms with Crippen LogP contribution in [0.15, 0.2) is 24.3 Å². The predicted octanol–water partition coefficient (Wildman–Crippen LogP) is 0.585. The van der Waals surface area contributed by atoms with E-state index in [-0.39, 0.29) is 12.6 Å². The molecule has 2 unspecified atom stereocenters. The van der Waals surface area contributed by atoms with Crippen molar-refractivity contribution in [3.8, 4) is 0 Å². The Morgan fingerprint density at radius 3 is 2.57 bits per heavy atom. The van der Waals surface area contributed by atoms with Gasteiger partial charge in [-0.2, -0.15) is 0 Å². The summed E-state index contributed by atoms with van der Waals surface area (Å²) in [6.07, 6.45) is 0. The average Bonchev–Trinajstić information content (AvgIpc) is 2.43. The molecule has 0 radical (unpaired) electrons. The number of carbonyl (C=O) groups is 3. The first-order valence-corrected chi connectivity index (χ1v) is 6.65. The second kappa shape index (κ2) is 5.92. The molecule has 7 heteroatoms. The molecule has 1 aromatic rings. The SMILES string of the molecule is CC(N)c1ccc(NC(=O)N2CC(=O)NC(=O)C2C)cc1. The number of anilines is 1. The standard InChI is InChI=1S/C14H18N4O3/c1-8(15)10-3-5-11(6-4-10)16-14(21)18-7-12(19)17-13(20)9(18)2/h3-6,8-9H,7,15H2,1-2H3,(H,16,21)(H,17,19,20). The number of nitrogens with two attached hydrogens (primary N) is 1. The molecule has 1 saturated heterocycles. The molecule has 2 atom stereocenters. The molecule has 0 aliphatic carbocycles. The van der Waals surface area contributed by atoms with Crippen molar-refractivity contribution in [1.29, 1.82) is 0 Å². The van der Waals surface area contributed by atoms with Gasteiger partial charge in [-0.05, 0) is 31.5 Å². The van der Waals surface area contributed by atoms with Crippen molar-refractivity contribution in [2.45, 2.75) is 25.9 Å². The van der Waals surface area contributed by atoms with Crippen molar-refractivity contribution >= 4 is 23.5 Å². The number of rotatable bonds is 2. The zero-order valence-electron chi connectivity index (χ0n) is 11.9. The number of imide groups is 1. The molecule has 4 amide bonds. The van der Waals surface area contributed by atoms with Crippen LogP contribution in [0.2, 0.25) is 0 Å². The Morgan fingerprint density at radius 1 is 1.38 bits per heavy atom. The normalized spacial score (nSPS) is 20.0. The Balaban J connectivity index is 2.06. The van der Waals surface area contributed by atoms with E-state index in [0.717, 1.165) is 5.56 Å². The molecule has 4 N–H and O–H groups in total. The minimum absolute atomic E-state index is 0.0850. The van der Waals surface area contributed by atoms with Crippen LogP contribution >= 0.6 is 0 Å². The number of piperazine rings is 1. The summed E-state index contributed by atoms with van der Waals surface area (Å²) in [7, 11) is 0. The fourth-order valence-electron chi connectivity index (χ4n) is 2.03. The van der Waals surface area contributed by atoms with Gasteiger partial charge < -0.3 is 16.0 Å². The molecule has 21 heavy (non-hydrogen) atoms. The summed E-state index contributed by atoms with van der Waals surface area (Å²) in [5, 5.41) is 4.85. The lowest BCUT2D eigenvalue weighted by Crippen LogP contribution is -2.59. The Labute approximate surface area is 122 Å². The fraction of sp³-hybridized carbons (Fsp3) is 0.357. The lowest BCUT2D eigenvalue weighted by atomic mass is 10.1. The summed E-state index contributed by atoms with van der Waals surface area (Å²) >= 11 is 0. The van der Waals surface area contributed by atoms with E-state index >= 15 is 0 Å². The number of amides is 4. The molecule has 1 heterocycles. The monoisotopic (exact) mass is 290 g/mol. The quantitative estimate of drug-likeness (QED) is 0.693. The van der Waals surface area contributed by atoms with E-state index in [1.165, 1.54) is 4.90 Å². The van der Waals surface area contributed by atoms with Gasteiger partial charge in [-0.15, -0.1) is 0 Å². The second-order valence-electron chi connectivity index (χ2n) is 5.06. The van der Waals surface area contributed by atoms with Crippen LogP contribution in [0.4, 0.5) is 10.5 Å². The molecule has 112 valence electrons. The molecular weight excluding hydrogens is 272 g/mol. The number of carbonyl (C=O) groups excluding carboxylic acids is 3. The van der Waals surface area contributed by atoms with Crippen molar-refractivity contribution in [3.63, 3.8) is 0 Å². The van der Waals surface area contributed by atoms with Gasteiger partial charge in [0.1, 0.15) is 12.6 Å². The van der Waals surface area contributed by atoms with Crippen LogP contribution in [0.3, 0.4) is 0 Å². The van der Waals surface area contributed by atoms with E-state index in [4.69, 9.17) is 5.73 Å². The minimum Gasteiger partial charge on any atom is -0.324 e. The molecule has 7 nitrogen and oxygen atoms in total. The van der Waals surface area contributed by atoms with Crippen LogP contribution in [0.1, 0.15) is 25.5 Å². The van der Waals surface area contributed by atoms with Crippen LogP contribution in [0.25, 0.3) is 0 Å². The number of urea groups is 1. The molecule has 0 saturated carbocycles. The Bertz CT molecular complexity index is 568. The summed E-state index contributed by atoms with van der Waals surface area (Å²) in [5.74, 6) is -0.964. The van der Waals surface area contributed by atoms with Crippen molar-refractivity contribution in [3.05, 3.63) is 29.8 Å². The predicted molar refractivity (Wildman–Crippen MR) is 77.4 cm³/mol. The summed E-state index contributed by atoms with van der Waals surface area (Å²) in [4.78, 5) is 36.2. The summed E-state index contributed by atoms with van der Waals surface area (Å²) < 4.78 is 0. The molecule has 1 aliphatic heterocycles. The summed E-state index contributed by atoms with van der Waals surface area (Å²) in [6, 6.07) is 5.83. The molecule has 1 fully saturated rings. The lowest BCUT2D eigenvalue weighted by molar-refractivity contribution is -0.137. The van der Waals surface area contributed by atoms with Crippen LogP contribution in [0.5, 0.6) is 0 Å². The first-order valence-electron chi connectivity index (χ1n) is 6.65. The highest BCUT2D eigenvalue weighted by molar-refractivity contribution is 6.05. The van der Waals surface area contributed by atoms with Gasteiger partial charge in [0, 0.05) is 11.7 Å². The minimum atomic E-state index is -0.689. The molecule has 0 spiro atoms. The van der Waals surface area contributed by atoms with Crippen molar-refractivity contribution in [1.82, 2.24) is 10.2 Å². The van der Waals surface area contributed by atoms with Gasteiger partial charge >= 0.3 is 6.03 Å². The third-order valence-corrected chi connectivity index (χ3v) is 3.37. The first-order chi connectivity index (χ1) is 9.88. The highest BCUT2D eigenvalue weighted by Crippen LogP contribution is 2.15. The van der Waals surface area contributed by atoms with Gasteiger partial charge in [-0.25, -0.2) is 4.79 Å². The molecule has 1 aromatic carbocycles. The Morgan fingerprint density at radius 2 is 2.00 bits per heavy atom. The zero-order valence-corrected chi connectivity index (χ0v) is 11.9. The van der Waals surface area contributed by atoms with Gasteiger partial charge in [0.05, 0.1) is 0 Å². The maximum atomic E-state index is 12.1. The number of nitrogens with zero attached hydrogens (tertiary/aromatic N) is 1. The fourth-order valence-corrected chi connectivity index (χ4v) is 2.03. The van der Waals surface area contributed by atoms with Crippen LogP contribution in [0, 0.1) is 0 Å². The van der Waals surface area contributed by atoms with E-state index < -0.39 is 23.9 Å². The topological polar surface area (TPSA) is 105 Å². The lowest BCUT2D eigenvalue weighted by Gasteiger charge is -2.31. The number of benzene rings is 1. The van der Waals surface area contributed by atoms with Crippen LogP contribution in [-0.2, 0) is 9.59 Å². The molecule has 2 rings (SSSR count). The van der Waals surface area contributed by atoms with E-state index in [1.54, 1.807) is 19.1 Å². The van der Waals surface area contributed by atoms with Crippen molar-refractivity contribution < 1.29 is 14.4 Å². The third kappa shape index (κ3) is 3.38. The Hall–Kier alpha value is -2.41. The smallest absolute Gasteiger partial charge is 0.322 e. The van der Waals surface area contributed by atoms with Crippen molar-refractivity contribution in [2.24, 2.45) is 5.73 Å². The third-order valence-electron chi connectivity index (χ3n) is 3.37. The van der Waals surface area contributed by atoms with E-state index in [1.807, 2.05) is 19.1 Å². The van der Waals surface area contributed by atoms with E-state index in [9.17, 15) is 14.4 Å².